The van der Waals surface area contributed by atoms with Crippen LogP contribution in [0, 0.1) is 0 Å². The number of rotatable bonds is 9. The van der Waals surface area contributed by atoms with Gasteiger partial charge in [0.25, 0.3) is 0 Å². The number of halogens is 2. The largest absolute Gasteiger partial charge is 0.352 e. The Morgan fingerprint density at radius 2 is 1.84 bits per heavy atom. The van der Waals surface area contributed by atoms with Crippen molar-refractivity contribution in [3.8, 4) is 0 Å². The van der Waals surface area contributed by atoms with Crippen molar-refractivity contribution in [3.05, 3.63) is 69.2 Å². The summed E-state index contributed by atoms with van der Waals surface area (Å²) in [6, 6.07) is 15.2. The van der Waals surface area contributed by atoms with E-state index < -0.39 is 6.04 Å². The maximum absolute atomic E-state index is 13.2. The Hall–Kier alpha value is -1.50. The molecule has 7 heteroatoms. The topological polar surface area (TPSA) is 49.4 Å². The molecular formula is C24H28BrClN2O2S. The molecule has 1 fully saturated rings. The highest BCUT2D eigenvalue weighted by Gasteiger charge is 2.28. The molecule has 0 saturated heterocycles. The number of hydrogen-bond acceptors (Lipinski definition) is 3. The second kappa shape index (κ2) is 11.9. The Bertz CT molecular complexity index is 887. The van der Waals surface area contributed by atoms with Gasteiger partial charge in [0.15, 0.2) is 0 Å². The van der Waals surface area contributed by atoms with E-state index in [-0.39, 0.29) is 17.9 Å². The fraction of sp³-hybridized carbons (Fsp3) is 0.417. The van der Waals surface area contributed by atoms with E-state index >= 15 is 0 Å². The van der Waals surface area contributed by atoms with Crippen molar-refractivity contribution in [2.24, 2.45) is 0 Å². The molecule has 3 rings (SSSR count). The minimum absolute atomic E-state index is 0.0472. The van der Waals surface area contributed by atoms with Crippen LogP contribution in [0.4, 0.5) is 0 Å². The van der Waals surface area contributed by atoms with Crippen molar-refractivity contribution in [2.75, 3.05) is 5.75 Å². The lowest BCUT2D eigenvalue weighted by Crippen LogP contribution is -2.50. The van der Waals surface area contributed by atoms with E-state index in [1.807, 2.05) is 55.5 Å². The highest BCUT2D eigenvalue weighted by atomic mass is 79.9. The average Bonchev–Trinajstić information content (AvgIpc) is 3.27. The summed E-state index contributed by atoms with van der Waals surface area (Å²) in [7, 11) is 0. The average molecular weight is 524 g/mol. The molecule has 1 saturated carbocycles. The number of carbonyl (C=O) groups is 2. The molecule has 0 spiro atoms. The predicted octanol–water partition coefficient (Wildman–Crippen LogP) is 5.81. The van der Waals surface area contributed by atoms with Gasteiger partial charge in [0.2, 0.25) is 11.8 Å². The first-order chi connectivity index (χ1) is 14.9. The number of nitrogens with one attached hydrogen (secondary N) is 1. The van der Waals surface area contributed by atoms with Gasteiger partial charge in [-0.3, -0.25) is 9.59 Å². The molecule has 2 amide bonds. The van der Waals surface area contributed by atoms with E-state index in [0.717, 1.165) is 41.3 Å². The summed E-state index contributed by atoms with van der Waals surface area (Å²) in [5.74, 6) is 0.825. The number of thioether (sulfide) groups is 1. The predicted molar refractivity (Wildman–Crippen MR) is 132 cm³/mol. The van der Waals surface area contributed by atoms with Crippen molar-refractivity contribution in [1.29, 1.82) is 0 Å². The molecule has 0 bridgehead atoms. The molecular weight excluding hydrogens is 496 g/mol. The lowest BCUT2D eigenvalue weighted by molar-refractivity contribution is -0.138. The summed E-state index contributed by atoms with van der Waals surface area (Å²) < 4.78 is 0.983. The normalized spacial score (nSPS) is 14.9. The van der Waals surface area contributed by atoms with Crippen molar-refractivity contribution in [2.45, 2.75) is 57.0 Å². The lowest BCUT2D eigenvalue weighted by atomic mass is 10.1. The highest BCUT2D eigenvalue weighted by Crippen LogP contribution is 2.22. The summed E-state index contributed by atoms with van der Waals surface area (Å²) in [6.07, 6.45) is 4.35. The highest BCUT2D eigenvalue weighted by molar-refractivity contribution is 9.10. The van der Waals surface area contributed by atoms with Gasteiger partial charge in [-0.1, -0.05) is 70.7 Å². The molecule has 4 nitrogen and oxygen atoms in total. The molecule has 0 unspecified atom stereocenters. The molecule has 0 aromatic heterocycles. The van der Waals surface area contributed by atoms with Crippen LogP contribution in [0.2, 0.25) is 5.02 Å². The van der Waals surface area contributed by atoms with Crippen LogP contribution < -0.4 is 5.32 Å². The fourth-order valence-corrected chi connectivity index (χ4v) is 5.17. The molecule has 31 heavy (non-hydrogen) atoms. The van der Waals surface area contributed by atoms with Crippen LogP contribution in [0.1, 0.15) is 43.7 Å². The molecule has 0 radical (unpaired) electrons. The minimum Gasteiger partial charge on any atom is -0.352 e. The van der Waals surface area contributed by atoms with E-state index in [4.69, 9.17) is 11.6 Å². The fourth-order valence-electron chi connectivity index (χ4n) is 3.71. The van der Waals surface area contributed by atoms with Crippen LogP contribution in [0.15, 0.2) is 53.0 Å². The van der Waals surface area contributed by atoms with Crippen molar-refractivity contribution >= 4 is 51.1 Å². The summed E-state index contributed by atoms with van der Waals surface area (Å²) in [4.78, 5) is 27.7. The molecule has 166 valence electrons. The van der Waals surface area contributed by atoms with Crippen LogP contribution >= 0.6 is 39.3 Å². The van der Waals surface area contributed by atoms with Gasteiger partial charge in [-0.25, -0.2) is 0 Å². The Labute approximate surface area is 202 Å². The van der Waals surface area contributed by atoms with Gasteiger partial charge in [-0.2, -0.15) is 0 Å². The van der Waals surface area contributed by atoms with Gasteiger partial charge >= 0.3 is 0 Å². The molecule has 0 heterocycles. The number of benzene rings is 2. The Kier molecular flexibility index (Phi) is 9.30. The van der Waals surface area contributed by atoms with E-state index in [1.165, 1.54) is 11.8 Å². The molecule has 1 N–H and O–H groups in total. The Morgan fingerprint density at radius 3 is 2.52 bits per heavy atom. The lowest BCUT2D eigenvalue weighted by Gasteiger charge is -2.29. The molecule has 2 aromatic rings. The van der Waals surface area contributed by atoms with Crippen molar-refractivity contribution in [1.82, 2.24) is 10.2 Å². The van der Waals surface area contributed by atoms with Gasteiger partial charge in [0.1, 0.15) is 6.04 Å². The first-order valence-electron chi connectivity index (χ1n) is 10.6. The number of hydrogen-bond donors (Lipinski definition) is 1. The summed E-state index contributed by atoms with van der Waals surface area (Å²) in [5.41, 5.74) is 2.00. The molecule has 0 aliphatic heterocycles. The zero-order valence-electron chi connectivity index (χ0n) is 17.7. The van der Waals surface area contributed by atoms with Crippen LogP contribution in [0.5, 0.6) is 0 Å². The van der Waals surface area contributed by atoms with Gasteiger partial charge in [0.05, 0.1) is 5.75 Å². The Morgan fingerprint density at radius 1 is 1.16 bits per heavy atom. The summed E-state index contributed by atoms with van der Waals surface area (Å²) in [5, 5.41) is 3.84. The van der Waals surface area contributed by atoms with E-state index in [9.17, 15) is 9.59 Å². The van der Waals surface area contributed by atoms with E-state index in [2.05, 4.69) is 21.2 Å². The first kappa shape index (κ1) is 24.1. The number of carbonyl (C=O) groups excluding carboxylic acids is 2. The molecule has 1 aliphatic carbocycles. The standard InChI is InChI=1S/C24H28BrClN2O2S/c1-17(24(30)27-21-7-3-4-8-21)28(14-18-10-12-20(25)13-11-18)23(29)16-31-15-19-6-2-5-9-22(19)26/h2,5-6,9-13,17,21H,3-4,7-8,14-16H2,1H3,(H,27,30)/t17-/m1/s1. The summed E-state index contributed by atoms with van der Waals surface area (Å²) >= 11 is 11.2. The number of amides is 2. The zero-order chi connectivity index (χ0) is 22.2. The maximum Gasteiger partial charge on any atom is 0.242 e. The van der Waals surface area contributed by atoms with E-state index in [0.29, 0.717) is 23.1 Å². The van der Waals surface area contributed by atoms with Crippen LogP contribution in [0.25, 0.3) is 0 Å². The monoisotopic (exact) mass is 522 g/mol. The second-order valence-corrected chi connectivity index (χ2v) is 10.2. The minimum atomic E-state index is -0.530. The molecule has 2 aromatic carbocycles. The second-order valence-electron chi connectivity index (χ2n) is 7.90. The van der Waals surface area contributed by atoms with Crippen LogP contribution in [0.3, 0.4) is 0 Å². The van der Waals surface area contributed by atoms with Crippen molar-refractivity contribution in [3.63, 3.8) is 0 Å². The van der Waals surface area contributed by atoms with Crippen LogP contribution in [-0.4, -0.2) is 34.6 Å². The maximum atomic E-state index is 13.2. The third kappa shape index (κ3) is 7.26. The summed E-state index contributed by atoms with van der Waals surface area (Å²) in [6.45, 7) is 2.22. The van der Waals surface area contributed by atoms with Gasteiger partial charge in [0, 0.05) is 27.8 Å². The number of nitrogens with zero attached hydrogens (tertiary/aromatic N) is 1. The molecule has 1 atom stereocenters. The van der Waals surface area contributed by atoms with E-state index in [1.54, 1.807) is 4.90 Å². The SMILES string of the molecule is C[C@H](C(=O)NC1CCCC1)N(Cc1ccc(Br)cc1)C(=O)CSCc1ccccc1Cl. The van der Waals surface area contributed by atoms with Gasteiger partial charge < -0.3 is 10.2 Å². The first-order valence-corrected chi connectivity index (χ1v) is 12.9. The third-order valence-electron chi connectivity index (χ3n) is 5.58. The zero-order valence-corrected chi connectivity index (χ0v) is 20.8. The van der Waals surface area contributed by atoms with Gasteiger partial charge in [-0.05, 0) is 49.1 Å². The Balaban J connectivity index is 1.65. The van der Waals surface area contributed by atoms with Crippen molar-refractivity contribution < 1.29 is 9.59 Å². The smallest absolute Gasteiger partial charge is 0.242 e. The molecule has 1 aliphatic rings. The third-order valence-corrected chi connectivity index (χ3v) is 7.44. The van der Waals surface area contributed by atoms with Crippen LogP contribution in [-0.2, 0) is 21.9 Å². The van der Waals surface area contributed by atoms with Gasteiger partial charge in [-0.15, -0.1) is 11.8 Å². The quantitative estimate of drug-likeness (QED) is 0.451.